The van der Waals surface area contributed by atoms with Gasteiger partial charge in [-0.3, -0.25) is 9.69 Å². The number of thiazole rings is 1. The first-order valence-electron chi connectivity index (χ1n) is 11.3. The number of nitrogens with zero attached hydrogens (tertiary/aromatic N) is 3. The summed E-state index contributed by atoms with van der Waals surface area (Å²) in [4.78, 5) is 22.7. The van der Waals surface area contributed by atoms with Crippen LogP contribution in [-0.2, 0) is 0 Å². The van der Waals surface area contributed by atoms with Crippen LogP contribution in [0.2, 0.25) is 0 Å². The maximum atomic E-state index is 13.9. The van der Waals surface area contributed by atoms with E-state index < -0.39 is 0 Å². The van der Waals surface area contributed by atoms with E-state index in [2.05, 4.69) is 18.7 Å². The Morgan fingerprint density at radius 2 is 1.39 bits per heavy atom. The molecule has 198 valence electrons. The Kier molecular flexibility index (Phi) is 10.9. The van der Waals surface area contributed by atoms with Gasteiger partial charge < -0.3 is 28.6 Å². The van der Waals surface area contributed by atoms with Crippen LogP contribution in [0, 0.1) is 0 Å². The fourth-order valence-electron chi connectivity index (χ4n) is 3.82. The van der Waals surface area contributed by atoms with Crippen LogP contribution in [0.25, 0.3) is 10.2 Å². The molecule has 1 aromatic heterocycles. The van der Waals surface area contributed by atoms with E-state index >= 15 is 0 Å². The maximum Gasteiger partial charge on any atom is 0.260 e. The zero-order chi connectivity index (χ0) is 25.5. The lowest BCUT2D eigenvalue weighted by Gasteiger charge is -2.25. The zero-order valence-electron chi connectivity index (χ0n) is 21.7. The molecule has 0 atom stereocenters. The lowest BCUT2D eigenvalue weighted by Crippen LogP contribution is -2.38. The number of methoxy groups -OCH3 is 5. The summed E-state index contributed by atoms with van der Waals surface area (Å²) in [6.07, 6.45) is 0. The van der Waals surface area contributed by atoms with Crippen molar-refractivity contribution in [3.05, 3.63) is 29.8 Å². The highest BCUT2D eigenvalue weighted by Crippen LogP contribution is 2.42. The van der Waals surface area contributed by atoms with Gasteiger partial charge >= 0.3 is 0 Å². The molecule has 0 aliphatic rings. The third-order valence-electron chi connectivity index (χ3n) is 5.82. The second-order valence-corrected chi connectivity index (χ2v) is 8.52. The molecule has 36 heavy (non-hydrogen) atoms. The number of carbonyl (C=O) groups is 1. The molecule has 1 amide bonds. The Bertz CT molecular complexity index is 1100. The number of halogens is 1. The summed E-state index contributed by atoms with van der Waals surface area (Å²) in [6.45, 7) is 7.09. The Morgan fingerprint density at radius 1 is 0.833 bits per heavy atom. The topological polar surface area (TPSA) is 82.6 Å². The summed E-state index contributed by atoms with van der Waals surface area (Å²) in [5.41, 5.74) is 1.05. The molecule has 0 saturated carbocycles. The minimum absolute atomic E-state index is 0. The molecule has 0 aliphatic heterocycles. The standard InChI is InChI=1S/C25H33N3O6S.ClH/c1-8-27(9-2)12-13-28(24(29)16-14-19(32-5)22(34-7)20(15-16)33-6)25-26-21-17(30-3)10-11-18(31-4)23(21)35-25;/h10-11,14-15H,8-9,12-13H2,1-7H3;1H. The highest BCUT2D eigenvalue weighted by molar-refractivity contribution is 7.22. The number of fused-ring (bicyclic) bond motifs is 1. The van der Waals surface area contributed by atoms with Crippen molar-refractivity contribution in [1.82, 2.24) is 9.88 Å². The normalized spacial score (nSPS) is 10.7. The first-order chi connectivity index (χ1) is 17.0. The van der Waals surface area contributed by atoms with Gasteiger partial charge in [0.05, 0.1) is 35.5 Å². The number of benzene rings is 2. The minimum atomic E-state index is -0.228. The number of likely N-dealkylation sites (N-methyl/N-ethyl adjacent to an activating group) is 1. The van der Waals surface area contributed by atoms with Crippen molar-refractivity contribution in [2.24, 2.45) is 0 Å². The van der Waals surface area contributed by atoms with E-state index in [1.165, 1.54) is 32.7 Å². The zero-order valence-corrected chi connectivity index (χ0v) is 23.4. The lowest BCUT2D eigenvalue weighted by molar-refractivity contribution is 0.0983. The van der Waals surface area contributed by atoms with Crippen molar-refractivity contribution in [2.45, 2.75) is 13.8 Å². The first-order valence-corrected chi connectivity index (χ1v) is 12.1. The molecule has 3 aromatic rings. The second-order valence-electron chi connectivity index (χ2n) is 7.54. The van der Waals surface area contributed by atoms with Gasteiger partial charge in [-0.05, 0) is 37.4 Å². The van der Waals surface area contributed by atoms with Crippen molar-refractivity contribution in [3.63, 3.8) is 0 Å². The number of amides is 1. The lowest BCUT2D eigenvalue weighted by atomic mass is 10.1. The fourth-order valence-corrected chi connectivity index (χ4v) is 4.91. The van der Waals surface area contributed by atoms with Gasteiger partial charge in [-0.2, -0.15) is 0 Å². The maximum absolute atomic E-state index is 13.9. The predicted molar refractivity (Wildman–Crippen MR) is 146 cm³/mol. The van der Waals surface area contributed by atoms with Gasteiger partial charge in [0.15, 0.2) is 16.6 Å². The molecular formula is C25H34ClN3O6S. The molecule has 9 nitrogen and oxygen atoms in total. The molecular weight excluding hydrogens is 506 g/mol. The van der Waals surface area contributed by atoms with E-state index in [1.807, 2.05) is 12.1 Å². The summed E-state index contributed by atoms with van der Waals surface area (Å²) < 4.78 is 28.2. The SMILES string of the molecule is CCN(CC)CCN(C(=O)c1cc(OC)c(OC)c(OC)c1)c1nc2c(OC)ccc(OC)c2s1.Cl. The molecule has 0 saturated heterocycles. The number of aromatic nitrogens is 1. The second kappa shape index (κ2) is 13.4. The average Bonchev–Trinajstić information content (AvgIpc) is 3.34. The number of carbonyl (C=O) groups excluding carboxylic acids is 1. The van der Waals surface area contributed by atoms with Crippen LogP contribution in [0.4, 0.5) is 5.13 Å². The molecule has 0 radical (unpaired) electrons. The van der Waals surface area contributed by atoms with Gasteiger partial charge in [0.25, 0.3) is 5.91 Å². The first kappa shape index (κ1) is 29.3. The molecule has 2 aromatic carbocycles. The van der Waals surface area contributed by atoms with Gasteiger partial charge in [-0.25, -0.2) is 4.98 Å². The van der Waals surface area contributed by atoms with Crippen molar-refractivity contribution in [3.8, 4) is 28.7 Å². The molecule has 0 bridgehead atoms. The van der Waals surface area contributed by atoms with Gasteiger partial charge in [0.1, 0.15) is 21.7 Å². The van der Waals surface area contributed by atoms with E-state index in [1.54, 1.807) is 31.3 Å². The summed E-state index contributed by atoms with van der Waals surface area (Å²) in [5, 5.41) is 0.550. The Balaban J connectivity index is 0.00000456. The summed E-state index contributed by atoms with van der Waals surface area (Å²) in [7, 11) is 7.78. The van der Waals surface area contributed by atoms with E-state index in [9.17, 15) is 4.79 Å². The van der Waals surface area contributed by atoms with E-state index in [0.717, 1.165) is 17.8 Å². The van der Waals surface area contributed by atoms with Crippen molar-refractivity contribution in [1.29, 1.82) is 0 Å². The largest absolute Gasteiger partial charge is 0.495 e. The van der Waals surface area contributed by atoms with Crippen LogP contribution in [0.15, 0.2) is 24.3 Å². The smallest absolute Gasteiger partial charge is 0.260 e. The number of rotatable bonds is 12. The Labute approximate surface area is 222 Å². The molecule has 0 aliphatic carbocycles. The predicted octanol–water partition coefficient (Wildman–Crippen LogP) is 4.75. The molecule has 0 spiro atoms. The third-order valence-corrected chi connectivity index (χ3v) is 6.91. The highest BCUT2D eigenvalue weighted by atomic mass is 35.5. The van der Waals surface area contributed by atoms with E-state index in [4.69, 9.17) is 28.7 Å². The molecule has 11 heteroatoms. The van der Waals surface area contributed by atoms with Crippen LogP contribution >= 0.6 is 23.7 Å². The van der Waals surface area contributed by atoms with Gasteiger partial charge in [-0.1, -0.05) is 25.2 Å². The molecule has 0 N–H and O–H groups in total. The van der Waals surface area contributed by atoms with Crippen LogP contribution in [0.3, 0.4) is 0 Å². The van der Waals surface area contributed by atoms with E-state index in [0.29, 0.717) is 58.0 Å². The van der Waals surface area contributed by atoms with Crippen LogP contribution in [0.1, 0.15) is 24.2 Å². The minimum Gasteiger partial charge on any atom is -0.495 e. The van der Waals surface area contributed by atoms with E-state index in [-0.39, 0.29) is 18.3 Å². The van der Waals surface area contributed by atoms with Crippen LogP contribution in [0.5, 0.6) is 28.7 Å². The Morgan fingerprint density at radius 3 is 1.89 bits per heavy atom. The Hall–Kier alpha value is -2.95. The van der Waals surface area contributed by atoms with Crippen molar-refractivity contribution in [2.75, 3.05) is 66.6 Å². The monoisotopic (exact) mass is 539 g/mol. The molecule has 3 rings (SSSR count). The van der Waals surface area contributed by atoms with Gasteiger partial charge in [0.2, 0.25) is 5.75 Å². The molecule has 0 unspecified atom stereocenters. The van der Waals surface area contributed by atoms with Gasteiger partial charge in [0, 0.05) is 18.7 Å². The summed E-state index contributed by atoms with van der Waals surface area (Å²) >= 11 is 1.39. The number of hydrogen-bond donors (Lipinski definition) is 0. The van der Waals surface area contributed by atoms with Crippen molar-refractivity contribution >= 4 is 45.0 Å². The number of ether oxygens (including phenoxy) is 5. The summed E-state index contributed by atoms with van der Waals surface area (Å²) in [6, 6.07) is 6.96. The quantitative estimate of drug-likeness (QED) is 0.326. The fraction of sp³-hybridized carbons (Fsp3) is 0.440. The molecule has 0 fully saturated rings. The summed E-state index contributed by atoms with van der Waals surface area (Å²) in [5.74, 6) is 2.31. The third kappa shape index (κ3) is 5.88. The van der Waals surface area contributed by atoms with Gasteiger partial charge in [-0.15, -0.1) is 12.4 Å². The van der Waals surface area contributed by atoms with Crippen LogP contribution in [-0.4, -0.2) is 77.5 Å². The highest BCUT2D eigenvalue weighted by Gasteiger charge is 2.26. The number of hydrogen-bond acceptors (Lipinski definition) is 9. The van der Waals surface area contributed by atoms with Crippen molar-refractivity contribution < 1.29 is 28.5 Å². The average molecular weight is 540 g/mol. The molecule has 1 heterocycles. The number of anilines is 1. The van der Waals surface area contributed by atoms with Crippen LogP contribution < -0.4 is 28.6 Å².